The molecule has 5 heteroatoms. The fraction of sp³-hybridized carbons (Fsp3) is 0.462. The van der Waals surface area contributed by atoms with Gasteiger partial charge in [0.2, 0.25) is 0 Å². The fourth-order valence-electron chi connectivity index (χ4n) is 1.62. The molecule has 0 radical (unpaired) electrons. The van der Waals surface area contributed by atoms with E-state index in [1.165, 1.54) is 18.9 Å². The summed E-state index contributed by atoms with van der Waals surface area (Å²) < 4.78 is 17.3. The Balaban J connectivity index is 2.00. The molecule has 18 heavy (non-hydrogen) atoms. The molecule has 0 spiro atoms. The summed E-state index contributed by atoms with van der Waals surface area (Å²) in [4.78, 5) is 11.5. The molecule has 0 amide bonds. The molecule has 1 unspecified atom stereocenters. The number of rotatable bonds is 6. The van der Waals surface area contributed by atoms with Crippen LogP contribution >= 0.6 is 0 Å². The van der Waals surface area contributed by atoms with Crippen molar-refractivity contribution >= 4 is 16.8 Å². The smallest absolute Gasteiger partial charge is 0.335 e. The van der Waals surface area contributed by atoms with Gasteiger partial charge in [0, 0.05) is 4.90 Å². The molecule has 2 rings (SSSR count). The van der Waals surface area contributed by atoms with E-state index in [0.717, 1.165) is 0 Å². The van der Waals surface area contributed by atoms with Crippen LogP contribution in [0.25, 0.3) is 0 Å². The number of ether oxygens (including phenoxy) is 1. The Labute approximate surface area is 108 Å². The van der Waals surface area contributed by atoms with Gasteiger partial charge in [0.1, 0.15) is 5.94 Å². The summed E-state index contributed by atoms with van der Waals surface area (Å²) in [6.07, 6.45) is 2.39. The molecule has 1 aliphatic carbocycles. The predicted octanol–water partition coefficient (Wildman–Crippen LogP) is 2.18. The summed E-state index contributed by atoms with van der Waals surface area (Å²) in [5, 5.41) is 9.00. The maximum absolute atomic E-state index is 11.9. The fourth-order valence-corrected chi connectivity index (χ4v) is 2.47. The monoisotopic (exact) mass is 268 g/mol. The average Bonchev–Trinajstić information content (AvgIpc) is 3.13. The second-order valence-corrected chi connectivity index (χ2v) is 5.96. The molecule has 98 valence electrons. The number of carbonyl (C=O) groups is 1. The molecular formula is C13H16O4S. The Bertz CT molecular complexity index is 480. The average molecular weight is 268 g/mol. The molecule has 1 aliphatic rings. The lowest BCUT2D eigenvalue weighted by Gasteiger charge is -2.06. The molecule has 1 N–H and O–H groups in total. The van der Waals surface area contributed by atoms with Crippen molar-refractivity contribution in [1.82, 2.24) is 0 Å². The minimum Gasteiger partial charge on any atom is -0.478 e. The first-order valence-electron chi connectivity index (χ1n) is 5.88. The molecule has 0 aliphatic heterocycles. The van der Waals surface area contributed by atoms with Crippen LogP contribution in [-0.2, 0) is 15.5 Å². The summed E-state index contributed by atoms with van der Waals surface area (Å²) in [7, 11) is -1.29. The normalized spacial score (nSPS) is 16.5. The van der Waals surface area contributed by atoms with E-state index < -0.39 is 16.8 Å². The number of carboxylic acid groups (broad SMARTS) is 1. The zero-order chi connectivity index (χ0) is 13.1. The largest absolute Gasteiger partial charge is 0.478 e. The molecule has 0 heterocycles. The van der Waals surface area contributed by atoms with Crippen LogP contribution in [0.15, 0.2) is 23.1 Å². The number of hydrogen-bond donors (Lipinski definition) is 1. The Morgan fingerprint density at radius 2 is 2.22 bits per heavy atom. The highest BCUT2D eigenvalue weighted by Gasteiger charge is 2.21. The topological polar surface area (TPSA) is 63.6 Å². The summed E-state index contributed by atoms with van der Waals surface area (Å²) in [5.41, 5.74) is 0.866. The van der Waals surface area contributed by atoms with Crippen LogP contribution in [0.2, 0.25) is 0 Å². The lowest BCUT2D eigenvalue weighted by molar-refractivity contribution is 0.0696. The predicted molar refractivity (Wildman–Crippen MR) is 68.1 cm³/mol. The molecule has 1 saturated carbocycles. The third kappa shape index (κ3) is 3.40. The number of hydrogen-bond acceptors (Lipinski definition) is 3. The molecule has 0 aromatic heterocycles. The maximum atomic E-state index is 11.9. The molecule has 4 nitrogen and oxygen atoms in total. The van der Waals surface area contributed by atoms with Gasteiger partial charge in [-0.15, -0.1) is 0 Å². The highest BCUT2D eigenvalue weighted by Crippen LogP contribution is 2.28. The van der Waals surface area contributed by atoms with Crippen LogP contribution in [0, 0.1) is 12.8 Å². The van der Waals surface area contributed by atoms with Crippen molar-refractivity contribution in [2.75, 3.05) is 12.5 Å². The van der Waals surface area contributed by atoms with Crippen LogP contribution in [0.1, 0.15) is 28.8 Å². The van der Waals surface area contributed by atoms with Gasteiger partial charge in [-0.05, 0) is 43.4 Å². The van der Waals surface area contributed by atoms with Crippen molar-refractivity contribution < 1.29 is 18.8 Å². The lowest BCUT2D eigenvalue weighted by atomic mass is 10.1. The van der Waals surface area contributed by atoms with Gasteiger partial charge < -0.3 is 9.84 Å². The molecule has 0 bridgehead atoms. The van der Waals surface area contributed by atoms with E-state index in [0.29, 0.717) is 23.0 Å². The summed E-state index contributed by atoms with van der Waals surface area (Å²) in [6.45, 7) is 2.38. The Hall–Kier alpha value is -1.20. The van der Waals surface area contributed by atoms with Crippen molar-refractivity contribution in [1.29, 1.82) is 0 Å². The standard InChI is InChI=1S/C13H16O4S/c1-9-2-5-11(6-12(9)13(14)15)18(16)8-17-7-10-3-4-10/h2,5-6,10H,3-4,7-8H2,1H3,(H,14,15). The summed E-state index contributed by atoms with van der Waals surface area (Å²) >= 11 is 0. The minimum atomic E-state index is -1.29. The maximum Gasteiger partial charge on any atom is 0.335 e. The van der Waals surface area contributed by atoms with Gasteiger partial charge in [0.25, 0.3) is 0 Å². The van der Waals surface area contributed by atoms with E-state index in [9.17, 15) is 9.00 Å². The SMILES string of the molecule is Cc1ccc(S(=O)COCC2CC2)cc1C(=O)O. The van der Waals surface area contributed by atoms with E-state index in [1.807, 2.05) is 0 Å². The summed E-state index contributed by atoms with van der Waals surface area (Å²) in [5.74, 6) is -0.224. The zero-order valence-corrected chi connectivity index (χ0v) is 11.0. The van der Waals surface area contributed by atoms with E-state index in [-0.39, 0.29) is 11.5 Å². The first-order chi connectivity index (χ1) is 8.58. The molecule has 0 saturated heterocycles. The molecule has 1 aromatic carbocycles. The van der Waals surface area contributed by atoms with E-state index in [1.54, 1.807) is 19.1 Å². The molecule has 1 fully saturated rings. The van der Waals surface area contributed by atoms with Gasteiger partial charge in [0.15, 0.2) is 0 Å². The second kappa shape index (κ2) is 5.63. The van der Waals surface area contributed by atoms with Crippen molar-refractivity contribution in [2.24, 2.45) is 5.92 Å². The van der Waals surface area contributed by atoms with E-state index >= 15 is 0 Å². The van der Waals surface area contributed by atoms with Crippen LogP contribution < -0.4 is 0 Å². The minimum absolute atomic E-state index is 0.138. The quantitative estimate of drug-likeness (QED) is 0.859. The number of aromatic carboxylic acids is 1. The van der Waals surface area contributed by atoms with E-state index in [2.05, 4.69) is 0 Å². The Kier molecular flexibility index (Phi) is 4.14. The van der Waals surface area contributed by atoms with E-state index in [4.69, 9.17) is 9.84 Å². The zero-order valence-electron chi connectivity index (χ0n) is 10.2. The molecule has 1 aromatic rings. The molecule has 1 atom stereocenters. The van der Waals surface area contributed by atoms with Crippen molar-refractivity contribution in [2.45, 2.75) is 24.7 Å². The lowest BCUT2D eigenvalue weighted by Crippen LogP contribution is -2.07. The number of benzene rings is 1. The first kappa shape index (κ1) is 13.2. The second-order valence-electron chi connectivity index (χ2n) is 4.56. The third-order valence-corrected chi connectivity index (χ3v) is 4.10. The van der Waals surface area contributed by atoms with Crippen LogP contribution in [0.3, 0.4) is 0 Å². The highest BCUT2D eigenvalue weighted by molar-refractivity contribution is 7.84. The van der Waals surface area contributed by atoms with Gasteiger partial charge in [-0.25, -0.2) is 4.79 Å². The Morgan fingerprint density at radius 1 is 1.50 bits per heavy atom. The highest BCUT2D eigenvalue weighted by atomic mass is 32.2. The Morgan fingerprint density at radius 3 is 2.83 bits per heavy atom. The van der Waals surface area contributed by atoms with Gasteiger partial charge in [-0.2, -0.15) is 0 Å². The van der Waals surface area contributed by atoms with Crippen LogP contribution in [-0.4, -0.2) is 27.8 Å². The van der Waals surface area contributed by atoms with Gasteiger partial charge in [-0.3, -0.25) is 4.21 Å². The summed E-state index contributed by atoms with van der Waals surface area (Å²) in [6, 6.07) is 4.84. The van der Waals surface area contributed by atoms with Crippen LogP contribution in [0.5, 0.6) is 0 Å². The third-order valence-electron chi connectivity index (χ3n) is 2.94. The first-order valence-corrected chi connectivity index (χ1v) is 7.20. The van der Waals surface area contributed by atoms with Gasteiger partial charge in [0.05, 0.1) is 23.0 Å². The van der Waals surface area contributed by atoms with Gasteiger partial charge in [-0.1, -0.05) is 6.07 Å². The number of carboxylic acids is 1. The number of aryl methyl sites for hydroxylation is 1. The van der Waals surface area contributed by atoms with Crippen molar-refractivity contribution in [3.63, 3.8) is 0 Å². The van der Waals surface area contributed by atoms with Crippen molar-refractivity contribution in [3.05, 3.63) is 29.3 Å². The molecular weight excluding hydrogens is 252 g/mol. The van der Waals surface area contributed by atoms with Crippen LogP contribution in [0.4, 0.5) is 0 Å². The van der Waals surface area contributed by atoms with Gasteiger partial charge >= 0.3 is 5.97 Å². The van der Waals surface area contributed by atoms with Crippen molar-refractivity contribution in [3.8, 4) is 0 Å².